The number of benzene rings is 1. The van der Waals surface area contributed by atoms with Crippen molar-refractivity contribution >= 4 is 45.4 Å². The second-order valence-electron chi connectivity index (χ2n) is 10.5. The summed E-state index contributed by atoms with van der Waals surface area (Å²) in [5.74, 6) is 0.439. The highest BCUT2D eigenvalue weighted by atomic mass is 32.1. The second-order valence-corrected chi connectivity index (χ2v) is 11.5. The number of aromatic nitrogens is 2. The zero-order valence-corrected chi connectivity index (χ0v) is 27.3. The molecule has 3 aromatic heterocycles. The van der Waals surface area contributed by atoms with E-state index >= 15 is 0 Å². The van der Waals surface area contributed by atoms with E-state index in [2.05, 4.69) is 15.7 Å². The number of pyridine rings is 1. The lowest BCUT2D eigenvalue weighted by Gasteiger charge is -2.19. The molecule has 0 spiro atoms. The molecule has 246 valence electrons. The van der Waals surface area contributed by atoms with Crippen molar-refractivity contribution in [3.05, 3.63) is 57.9 Å². The van der Waals surface area contributed by atoms with Crippen molar-refractivity contribution in [2.75, 3.05) is 34.7 Å². The molecule has 1 atom stereocenters. The number of carbonyl (C=O) groups is 2. The molecule has 0 fully saturated rings. The first-order chi connectivity index (χ1) is 22.9. The summed E-state index contributed by atoms with van der Waals surface area (Å²) < 4.78 is 35.4. The van der Waals surface area contributed by atoms with Crippen LogP contribution >= 0.6 is 11.3 Å². The Kier molecular flexibility index (Phi) is 9.26. The summed E-state index contributed by atoms with van der Waals surface area (Å²) in [7, 11) is 4.62. The lowest BCUT2D eigenvalue weighted by molar-refractivity contribution is -0.135. The third-order valence-corrected chi connectivity index (χ3v) is 8.60. The number of thiophene rings is 1. The van der Waals surface area contributed by atoms with Crippen molar-refractivity contribution in [1.29, 1.82) is 0 Å². The summed E-state index contributed by atoms with van der Waals surface area (Å²) >= 11 is 1.27. The van der Waals surface area contributed by atoms with Crippen LogP contribution in [0.5, 0.6) is 23.0 Å². The number of nitrogens with zero attached hydrogens (tertiary/aromatic N) is 4. The molecule has 2 aliphatic heterocycles. The SMILES string of the molecule is CCOC(=O)C1=NO[C@H](Cc2c(/C=N\NC(=O)c3sc4nc(C)cc(COC)c4c3-n3cccc3)c(OC)c3c(c2OC)OCO3)C1. The van der Waals surface area contributed by atoms with Crippen molar-refractivity contribution in [2.45, 2.75) is 39.4 Å². The summed E-state index contributed by atoms with van der Waals surface area (Å²) in [6.45, 7) is 4.17. The standard InChI is InChI=1S/C32H33N5O9S/c1-6-43-32(39)22-13-19(46-36-22)12-20-21(26(42-5)28-27(25(20)41-4)44-16-45-28)14-33-35-30(38)29-24(37-9-7-8-10-37)23-18(15-40-3)11-17(2)34-31(23)47-29/h7-11,14,19H,6,12-13,15-16H2,1-5H3,(H,35,38)/b33-14-/t19-/m1/s1. The molecule has 0 saturated carbocycles. The molecule has 1 amide bonds. The van der Waals surface area contributed by atoms with Gasteiger partial charge in [-0.05, 0) is 37.6 Å². The summed E-state index contributed by atoms with van der Waals surface area (Å²) in [6.07, 6.45) is 5.14. The minimum atomic E-state index is -0.532. The Labute approximate surface area is 273 Å². The van der Waals surface area contributed by atoms with E-state index in [0.29, 0.717) is 56.1 Å². The number of rotatable bonds is 12. The van der Waals surface area contributed by atoms with Gasteiger partial charge in [-0.15, -0.1) is 11.3 Å². The largest absolute Gasteiger partial charge is 0.492 e. The summed E-state index contributed by atoms with van der Waals surface area (Å²) in [5, 5.41) is 9.11. The maximum atomic E-state index is 13.8. The van der Waals surface area contributed by atoms with Crippen LogP contribution in [0, 0.1) is 6.92 Å². The first kappa shape index (κ1) is 31.8. The number of oxime groups is 1. The Hall–Kier alpha value is -5.15. The molecule has 4 aromatic rings. The molecule has 5 heterocycles. The number of amides is 1. The smallest absolute Gasteiger partial charge is 0.356 e. The van der Waals surface area contributed by atoms with Crippen molar-refractivity contribution < 1.29 is 42.8 Å². The number of esters is 1. The average Bonchev–Trinajstić information content (AvgIpc) is 3.88. The van der Waals surface area contributed by atoms with E-state index in [1.165, 1.54) is 31.8 Å². The molecule has 0 unspecified atom stereocenters. The molecule has 47 heavy (non-hydrogen) atoms. The fourth-order valence-electron chi connectivity index (χ4n) is 5.65. The number of methoxy groups -OCH3 is 3. The molecule has 0 saturated heterocycles. The van der Waals surface area contributed by atoms with Gasteiger partial charge in [0.05, 0.1) is 39.3 Å². The fraction of sp³-hybridized carbons (Fsp3) is 0.344. The van der Waals surface area contributed by atoms with Crippen molar-refractivity contribution in [3.63, 3.8) is 0 Å². The van der Waals surface area contributed by atoms with E-state index in [9.17, 15) is 9.59 Å². The summed E-state index contributed by atoms with van der Waals surface area (Å²) in [4.78, 5) is 37.5. The van der Waals surface area contributed by atoms with Crippen LogP contribution in [0.25, 0.3) is 15.9 Å². The zero-order valence-electron chi connectivity index (χ0n) is 26.4. The molecule has 1 N–H and O–H groups in total. The number of carbonyl (C=O) groups excluding carboxylic acids is 2. The van der Waals surface area contributed by atoms with Gasteiger partial charge in [0.2, 0.25) is 18.3 Å². The molecular weight excluding hydrogens is 630 g/mol. The van der Waals surface area contributed by atoms with Crippen LogP contribution in [0.2, 0.25) is 0 Å². The van der Waals surface area contributed by atoms with Gasteiger partial charge in [-0.3, -0.25) is 4.79 Å². The van der Waals surface area contributed by atoms with Crippen LogP contribution in [-0.2, 0) is 32.1 Å². The van der Waals surface area contributed by atoms with E-state index in [1.54, 1.807) is 14.0 Å². The Morgan fingerprint density at radius 1 is 1.15 bits per heavy atom. The number of ether oxygens (including phenoxy) is 6. The van der Waals surface area contributed by atoms with Crippen LogP contribution < -0.4 is 24.4 Å². The molecule has 2 aliphatic rings. The normalized spacial score (nSPS) is 15.2. The Bertz CT molecular complexity index is 1880. The van der Waals surface area contributed by atoms with Gasteiger partial charge in [0, 0.05) is 54.6 Å². The Morgan fingerprint density at radius 3 is 2.60 bits per heavy atom. The third kappa shape index (κ3) is 6.06. The number of hydrogen-bond acceptors (Lipinski definition) is 13. The average molecular weight is 664 g/mol. The highest BCUT2D eigenvalue weighted by Gasteiger charge is 2.35. The molecule has 0 radical (unpaired) electrons. The van der Waals surface area contributed by atoms with E-state index in [0.717, 1.165) is 16.6 Å². The lowest BCUT2D eigenvalue weighted by Crippen LogP contribution is -2.20. The fourth-order valence-corrected chi connectivity index (χ4v) is 6.80. The number of fused-ring (bicyclic) bond motifs is 2. The maximum Gasteiger partial charge on any atom is 0.356 e. The van der Waals surface area contributed by atoms with E-state index in [4.69, 9.17) is 38.2 Å². The lowest BCUT2D eigenvalue weighted by atomic mass is 9.96. The highest BCUT2D eigenvalue weighted by Crippen LogP contribution is 2.52. The minimum absolute atomic E-state index is 0.0401. The van der Waals surface area contributed by atoms with Crippen LogP contribution in [0.1, 0.15) is 45.4 Å². The molecular formula is C32H33N5O9S. The first-order valence-corrected chi connectivity index (χ1v) is 15.5. The van der Waals surface area contributed by atoms with Crippen LogP contribution in [-0.4, -0.2) is 74.2 Å². The van der Waals surface area contributed by atoms with E-state index in [1.807, 2.05) is 42.1 Å². The van der Waals surface area contributed by atoms with Crippen LogP contribution in [0.3, 0.4) is 0 Å². The number of hydrogen-bond donors (Lipinski definition) is 1. The minimum Gasteiger partial charge on any atom is -0.492 e. The van der Waals surface area contributed by atoms with Gasteiger partial charge in [0.25, 0.3) is 5.91 Å². The Balaban J connectivity index is 1.35. The van der Waals surface area contributed by atoms with E-state index in [-0.39, 0.29) is 32.0 Å². The molecule has 15 heteroatoms. The van der Waals surface area contributed by atoms with Crippen molar-refractivity contribution in [2.24, 2.45) is 10.3 Å². The van der Waals surface area contributed by atoms with Crippen molar-refractivity contribution in [1.82, 2.24) is 15.0 Å². The zero-order chi connectivity index (χ0) is 33.1. The quantitative estimate of drug-likeness (QED) is 0.132. The van der Waals surface area contributed by atoms with Gasteiger partial charge in [-0.2, -0.15) is 5.10 Å². The first-order valence-electron chi connectivity index (χ1n) is 14.7. The second kappa shape index (κ2) is 13.7. The topological polar surface area (TPSA) is 153 Å². The molecule has 14 nitrogen and oxygen atoms in total. The van der Waals surface area contributed by atoms with E-state index < -0.39 is 18.0 Å². The van der Waals surface area contributed by atoms with Crippen molar-refractivity contribution in [3.8, 4) is 28.7 Å². The summed E-state index contributed by atoms with van der Waals surface area (Å²) in [6, 6.07) is 5.73. The third-order valence-electron chi connectivity index (χ3n) is 7.53. The predicted molar refractivity (Wildman–Crippen MR) is 172 cm³/mol. The summed E-state index contributed by atoms with van der Waals surface area (Å²) in [5.41, 5.74) is 6.33. The Morgan fingerprint density at radius 2 is 1.89 bits per heavy atom. The van der Waals surface area contributed by atoms with Gasteiger partial charge < -0.3 is 37.8 Å². The number of hydrazone groups is 1. The van der Waals surface area contributed by atoms with Crippen LogP contribution in [0.15, 0.2) is 40.8 Å². The molecule has 0 aliphatic carbocycles. The van der Waals surface area contributed by atoms with Gasteiger partial charge in [0.1, 0.15) is 15.8 Å². The highest BCUT2D eigenvalue weighted by molar-refractivity contribution is 7.21. The van der Waals surface area contributed by atoms with Gasteiger partial charge in [0.15, 0.2) is 17.2 Å². The van der Waals surface area contributed by atoms with Gasteiger partial charge >= 0.3 is 5.97 Å². The van der Waals surface area contributed by atoms with Gasteiger partial charge in [-0.25, -0.2) is 15.2 Å². The molecule has 0 bridgehead atoms. The number of nitrogens with one attached hydrogen (secondary N) is 1. The maximum absolute atomic E-state index is 13.8. The molecule has 1 aromatic carbocycles. The van der Waals surface area contributed by atoms with Gasteiger partial charge in [-0.1, -0.05) is 5.16 Å². The van der Waals surface area contributed by atoms with Crippen LogP contribution in [0.4, 0.5) is 0 Å². The number of aryl methyl sites for hydroxylation is 1. The predicted octanol–water partition coefficient (Wildman–Crippen LogP) is 4.30. The monoisotopic (exact) mass is 663 g/mol. The molecule has 6 rings (SSSR count).